The summed E-state index contributed by atoms with van der Waals surface area (Å²) in [6, 6.07) is 0.913. The molecule has 176 valence electrons. The zero-order chi connectivity index (χ0) is 24.3. The van der Waals surface area contributed by atoms with Crippen molar-refractivity contribution in [2.75, 3.05) is 6.54 Å². The third-order valence-corrected chi connectivity index (χ3v) is 3.96. The number of carbonyl (C=O) groups is 2. The first kappa shape index (κ1) is 25.1. The van der Waals surface area contributed by atoms with Gasteiger partial charge >= 0.3 is 12.3 Å². The van der Waals surface area contributed by atoms with E-state index in [9.17, 15) is 22.8 Å². The SMILES string of the molecule is Cc1ncc(-c2cc(C(F)(F)F)nn2CC(C)(C)NC(=O)CNC(=O)OC(C)(C)C)cn1. The number of halogens is 3. The third-order valence-electron chi connectivity index (χ3n) is 3.96. The Hall–Kier alpha value is -3.18. The van der Waals surface area contributed by atoms with E-state index in [-0.39, 0.29) is 18.8 Å². The number of carbonyl (C=O) groups excluding carboxylic acids is 2. The topological polar surface area (TPSA) is 111 Å². The standard InChI is InChI=1S/C20H27F3N6O3/c1-12-24-8-13(9-25-12)14-7-15(20(21,22)23)28-29(14)11-19(5,6)27-16(30)10-26-17(31)32-18(2,3)4/h7-9H,10-11H2,1-6H3,(H,26,31)(H,27,30). The van der Waals surface area contributed by atoms with Crippen LogP contribution < -0.4 is 10.6 Å². The van der Waals surface area contributed by atoms with Crippen molar-refractivity contribution in [1.29, 1.82) is 0 Å². The minimum absolute atomic E-state index is 0.0789. The Morgan fingerprint density at radius 2 is 1.69 bits per heavy atom. The number of hydrogen-bond acceptors (Lipinski definition) is 6. The largest absolute Gasteiger partial charge is 0.444 e. The Kier molecular flexibility index (Phi) is 7.16. The predicted molar refractivity (Wildman–Crippen MR) is 109 cm³/mol. The van der Waals surface area contributed by atoms with Gasteiger partial charge in [0, 0.05) is 18.0 Å². The van der Waals surface area contributed by atoms with Crippen molar-refractivity contribution >= 4 is 12.0 Å². The number of aromatic nitrogens is 4. The van der Waals surface area contributed by atoms with Crippen molar-refractivity contribution in [2.24, 2.45) is 0 Å². The van der Waals surface area contributed by atoms with Gasteiger partial charge < -0.3 is 15.4 Å². The first-order valence-corrected chi connectivity index (χ1v) is 9.78. The van der Waals surface area contributed by atoms with Gasteiger partial charge in [-0.05, 0) is 47.6 Å². The molecule has 0 saturated heterocycles. The third kappa shape index (κ3) is 7.50. The van der Waals surface area contributed by atoms with Crippen molar-refractivity contribution in [3.8, 4) is 11.3 Å². The number of ether oxygens (including phenoxy) is 1. The molecule has 0 fully saturated rings. The van der Waals surface area contributed by atoms with Crippen LogP contribution in [0.4, 0.5) is 18.0 Å². The van der Waals surface area contributed by atoms with Crippen molar-refractivity contribution in [3.05, 3.63) is 30.0 Å². The number of alkyl halides is 3. The lowest BCUT2D eigenvalue weighted by Gasteiger charge is -2.27. The molecule has 2 aromatic heterocycles. The highest BCUT2D eigenvalue weighted by Crippen LogP contribution is 2.32. The molecule has 2 N–H and O–H groups in total. The second-order valence-electron chi connectivity index (χ2n) is 8.88. The second-order valence-corrected chi connectivity index (χ2v) is 8.88. The molecule has 2 rings (SSSR count). The van der Waals surface area contributed by atoms with Crippen LogP contribution in [-0.2, 0) is 22.3 Å². The summed E-state index contributed by atoms with van der Waals surface area (Å²) in [4.78, 5) is 32.0. The van der Waals surface area contributed by atoms with Crippen LogP contribution >= 0.6 is 0 Å². The van der Waals surface area contributed by atoms with Gasteiger partial charge in [-0.25, -0.2) is 14.8 Å². The fourth-order valence-electron chi connectivity index (χ4n) is 2.74. The quantitative estimate of drug-likeness (QED) is 0.691. The number of rotatable bonds is 6. The van der Waals surface area contributed by atoms with E-state index in [1.54, 1.807) is 41.5 Å². The molecule has 0 radical (unpaired) electrons. The lowest BCUT2D eigenvalue weighted by Crippen LogP contribution is -2.50. The van der Waals surface area contributed by atoms with E-state index < -0.39 is 35.0 Å². The molecule has 0 bridgehead atoms. The average Bonchev–Trinajstić information content (AvgIpc) is 3.02. The Labute approximate surface area is 183 Å². The first-order chi connectivity index (χ1) is 14.6. The lowest BCUT2D eigenvalue weighted by molar-refractivity contribution is -0.141. The van der Waals surface area contributed by atoms with Gasteiger partial charge in [0.15, 0.2) is 5.69 Å². The van der Waals surface area contributed by atoms with Crippen LogP contribution in [0.5, 0.6) is 0 Å². The number of nitrogens with zero attached hydrogens (tertiary/aromatic N) is 4. The molecule has 0 aliphatic carbocycles. The minimum atomic E-state index is -4.64. The molecule has 12 heteroatoms. The Balaban J connectivity index is 2.15. The number of amides is 2. The maximum Gasteiger partial charge on any atom is 0.435 e. The molecular weight excluding hydrogens is 429 g/mol. The van der Waals surface area contributed by atoms with Gasteiger partial charge in [0.05, 0.1) is 17.8 Å². The zero-order valence-electron chi connectivity index (χ0n) is 18.8. The van der Waals surface area contributed by atoms with Crippen molar-refractivity contribution < 1.29 is 27.5 Å². The number of hydrogen-bond donors (Lipinski definition) is 2. The van der Waals surface area contributed by atoms with Gasteiger partial charge in [0.1, 0.15) is 18.0 Å². The van der Waals surface area contributed by atoms with Gasteiger partial charge in [0.25, 0.3) is 0 Å². The minimum Gasteiger partial charge on any atom is -0.444 e. The van der Waals surface area contributed by atoms with E-state index >= 15 is 0 Å². The maximum atomic E-state index is 13.3. The molecule has 0 aromatic carbocycles. The van der Waals surface area contributed by atoms with E-state index in [1.165, 1.54) is 12.4 Å². The molecule has 9 nitrogen and oxygen atoms in total. The fraction of sp³-hybridized carbons (Fsp3) is 0.550. The molecule has 0 spiro atoms. The van der Waals surface area contributed by atoms with Crippen LogP contribution in [0.15, 0.2) is 18.5 Å². The summed E-state index contributed by atoms with van der Waals surface area (Å²) in [6.07, 6.45) is -2.58. The van der Waals surface area contributed by atoms with E-state index in [4.69, 9.17) is 4.74 Å². The summed E-state index contributed by atoms with van der Waals surface area (Å²) in [5.74, 6) is -0.0646. The summed E-state index contributed by atoms with van der Waals surface area (Å²) < 4.78 is 46.0. The Bertz CT molecular complexity index is 962. The van der Waals surface area contributed by atoms with Crippen molar-refractivity contribution in [2.45, 2.75) is 65.4 Å². The smallest absolute Gasteiger partial charge is 0.435 e. The van der Waals surface area contributed by atoms with Gasteiger partial charge in [-0.15, -0.1) is 0 Å². The average molecular weight is 456 g/mol. The number of alkyl carbamates (subject to hydrolysis) is 1. The molecule has 0 saturated carbocycles. The van der Waals surface area contributed by atoms with Crippen LogP contribution in [0.3, 0.4) is 0 Å². The molecule has 0 unspecified atom stereocenters. The molecule has 0 aliphatic rings. The summed E-state index contributed by atoms with van der Waals surface area (Å²) >= 11 is 0. The molecule has 0 atom stereocenters. The summed E-state index contributed by atoms with van der Waals surface area (Å²) in [5, 5.41) is 8.69. The number of nitrogens with one attached hydrogen (secondary N) is 2. The maximum absolute atomic E-state index is 13.3. The molecule has 0 aliphatic heterocycles. The van der Waals surface area contributed by atoms with Gasteiger partial charge in [-0.1, -0.05) is 0 Å². The van der Waals surface area contributed by atoms with Crippen molar-refractivity contribution in [3.63, 3.8) is 0 Å². The first-order valence-electron chi connectivity index (χ1n) is 9.78. The van der Waals surface area contributed by atoms with Crippen LogP contribution in [-0.4, -0.2) is 49.4 Å². The van der Waals surface area contributed by atoms with E-state index in [1.807, 2.05) is 0 Å². The summed E-state index contributed by atoms with van der Waals surface area (Å²) in [5.41, 5.74) is -2.27. The van der Waals surface area contributed by atoms with Crippen molar-refractivity contribution in [1.82, 2.24) is 30.4 Å². The van der Waals surface area contributed by atoms with Gasteiger partial charge in [-0.3, -0.25) is 9.48 Å². The van der Waals surface area contributed by atoms with E-state index in [0.29, 0.717) is 11.4 Å². The predicted octanol–water partition coefficient (Wildman–Crippen LogP) is 3.09. The lowest BCUT2D eigenvalue weighted by atomic mass is 10.1. The Morgan fingerprint density at radius 3 is 2.22 bits per heavy atom. The monoisotopic (exact) mass is 456 g/mol. The molecule has 2 amide bonds. The zero-order valence-corrected chi connectivity index (χ0v) is 18.8. The molecule has 2 aromatic rings. The number of aryl methyl sites for hydroxylation is 1. The fourth-order valence-corrected chi connectivity index (χ4v) is 2.74. The van der Waals surface area contributed by atoms with E-state index in [0.717, 1.165) is 10.7 Å². The van der Waals surface area contributed by atoms with E-state index in [2.05, 4.69) is 25.7 Å². The summed E-state index contributed by atoms with van der Waals surface area (Å²) in [7, 11) is 0. The van der Waals surface area contributed by atoms with Crippen LogP contribution in [0, 0.1) is 6.92 Å². The highest BCUT2D eigenvalue weighted by Gasteiger charge is 2.36. The second kappa shape index (κ2) is 9.13. The van der Waals surface area contributed by atoms with Gasteiger partial charge in [-0.2, -0.15) is 18.3 Å². The molecular formula is C20H27F3N6O3. The molecule has 2 heterocycles. The Morgan fingerprint density at radius 1 is 1.09 bits per heavy atom. The normalized spacial score (nSPS) is 12.4. The van der Waals surface area contributed by atoms with Crippen LogP contribution in [0.1, 0.15) is 46.1 Å². The highest BCUT2D eigenvalue weighted by atomic mass is 19.4. The summed E-state index contributed by atoms with van der Waals surface area (Å²) in [6.45, 7) is 9.54. The van der Waals surface area contributed by atoms with Crippen LogP contribution in [0.25, 0.3) is 11.3 Å². The highest BCUT2D eigenvalue weighted by molar-refractivity contribution is 5.82. The van der Waals surface area contributed by atoms with Crippen LogP contribution in [0.2, 0.25) is 0 Å². The molecule has 32 heavy (non-hydrogen) atoms. The van der Waals surface area contributed by atoms with Gasteiger partial charge in [0.2, 0.25) is 5.91 Å².